The number of anilines is 1. The summed E-state index contributed by atoms with van der Waals surface area (Å²) in [4.78, 5) is 0.393. The van der Waals surface area contributed by atoms with Crippen LogP contribution in [-0.4, -0.2) is 22.5 Å². The molecular formula is C13H19ClN2S2. The SMILES string of the molecule is CCSCCC(C)Nc1cc(Cl)ccc1C(N)=S. The molecule has 0 saturated carbocycles. The highest BCUT2D eigenvalue weighted by atomic mass is 35.5. The molecule has 1 atom stereocenters. The lowest BCUT2D eigenvalue weighted by Gasteiger charge is -2.18. The third-order valence-electron chi connectivity index (χ3n) is 2.55. The highest BCUT2D eigenvalue weighted by molar-refractivity contribution is 7.99. The summed E-state index contributed by atoms with van der Waals surface area (Å²) in [5, 5.41) is 4.11. The molecule has 0 heterocycles. The summed E-state index contributed by atoms with van der Waals surface area (Å²) in [7, 11) is 0. The van der Waals surface area contributed by atoms with Gasteiger partial charge in [0.2, 0.25) is 0 Å². The van der Waals surface area contributed by atoms with E-state index in [0.717, 1.165) is 29.2 Å². The van der Waals surface area contributed by atoms with Crippen LogP contribution < -0.4 is 11.1 Å². The molecule has 0 fully saturated rings. The van der Waals surface area contributed by atoms with Gasteiger partial charge in [-0.25, -0.2) is 0 Å². The second-order valence-electron chi connectivity index (χ2n) is 4.09. The minimum atomic E-state index is 0.371. The second-order valence-corrected chi connectivity index (χ2v) is 6.36. The van der Waals surface area contributed by atoms with E-state index in [0.29, 0.717) is 16.1 Å². The molecule has 0 amide bonds. The van der Waals surface area contributed by atoms with Crippen molar-refractivity contribution in [2.24, 2.45) is 5.73 Å². The predicted octanol–water partition coefficient (Wildman–Crippen LogP) is 3.92. The van der Waals surface area contributed by atoms with Gasteiger partial charge in [0.1, 0.15) is 4.99 Å². The summed E-state index contributed by atoms with van der Waals surface area (Å²) in [6.07, 6.45) is 1.10. The van der Waals surface area contributed by atoms with E-state index in [-0.39, 0.29) is 0 Å². The normalized spacial score (nSPS) is 12.2. The van der Waals surface area contributed by atoms with Crippen molar-refractivity contribution in [1.29, 1.82) is 0 Å². The lowest BCUT2D eigenvalue weighted by atomic mass is 10.1. The average molecular weight is 303 g/mol. The minimum Gasteiger partial charge on any atom is -0.389 e. The van der Waals surface area contributed by atoms with Gasteiger partial charge in [0.05, 0.1) is 0 Å². The second kappa shape index (κ2) is 7.87. The van der Waals surface area contributed by atoms with Crippen molar-refractivity contribution >= 4 is 46.3 Å². The fourth-order valence-electron chi connectivity index (χ4n) is 1.59. The number of nitrogens with two attached hydrogens (primary N) is 1. The van der Waals surface area contributed by atoms with Crippen molar-refractivity contribution in [3.63, 3.8) is 0 Å². The molecule has 0 radical (unpaired) electrons. The Morgan fingerprint density at radius 2 is 2.28 bits per heavy atom. The van der Waals surface area contributed by atoms with Crippen molar-refractivity contribution in [3.8, 4) is 0 Å². The summed E-state index contributed by atoms with van der Waals surface area (Å²) < 4.78 is 0. The van der Waals surface area contributed by atoms with E-state index in [9.17, 15) is 0 Å². The van der Waals surface area contributed by atoms with E-state index in [1.807, 2.05) is 23.9 Å². The summed E-state index contributed by atoms with van der Waals surface area (Å²) in [5.74, 6) is 2.30. The highest BCUT2D eigenvalue weighted by Gasteiger charge is 2.09. The first kappa shape index (κ1) is 15.6. The monoisotopic (exact) mass is 302 g/mol. The molecule has 1 rings (SSSR count). The Bertz CT molecular complexity index is 410. The quantitative estimate of drug-likeness (QED) is 0.591. The highest BCUT2D eigenvalue weighted by Crippen LogP contribution is 2.22. The number of rotatable bonds is 7. The van der Waals surface area contributed by atoms with E-state index in [1.54, 1.807) is 6.07 Å². The molecular weight excluding hydrogens is 284 g/mol. The maximum atomic E-state index is 6.00. The van der Waals surface area contributed by atoms with Crippen molar-refractivity contribution in [2.45, 2.75) is 26.3 Å². The number of thioether (sulfide) groups is 1. The van der Waals surface area contributed by atoms with Crippen LogP contribution in [-0.2, 0) is 0 Å². The average Bonchev–Trinajstić information content (AvgIpc) is 2.29. The van der Waals surface area contributed by atoms with Crippen molar-refractivity contribution in [2.75, 3.05) is 16.8 Å². The number of hydrogen-bond acceptors (Lipinski definition) is 3. The van der Waals surface area contributed by atoms with E-state index >= 15 is 0 Å². The summed E-state index contributed by atoms with van der Waals surface area (Å²) in [6.45, 7) is 4.32. The van der Waals surface area contributed by atoms with Gasteiger partial charge in [0.25, 0.3) is 0 Å². The zero-order chi connectivity index (χ0) is 13.5. The molecule has 0 aromatic heterocycles. The lowest BCUT2D eigenvalue weighted by Crippen LogP contribution is -2.20. The van der Waals surface area contributed by atoms with Gasteiger partial charge in [-0.3, -0.25) is 0 Å². The number of nitrogens with one attached hydrogen (secondary N) is 1. The van der Waals surface area contributed by atoms with Crippen molar-refractivity contribution in [1.82, 2.24) is 0 Å². The Morgan fingerprint density at radius 3 is 2.89 bits per heavy atom. The van der Waals surface area contributed by atoms with Gasteiger partial charge in [0.15, 0.2) is 0 Å². The van der Waals surface area contributed by atoms with Crippen molar-refractivity contribution < 1.29 is 0 Å². The van der Waals surface area contributed by atoms with Gasteiger partial charge < -0.3 is 11.1 Å². The number of benzene rings is 1. The molecule has 0 spiro atoms. The first-order valence-electron chi connectivity index (χ1n) is 5.98. The Morgan fingerprint density at radius 1 is 1.56 bits per heavy atom. The van der Waals surface area contributed by atoms with Gasteiger partial charge in [-0.2, -0.15) is 11.8 Å². The van der Waals surface area contributed by atoms with Gasteiger partial charge in [-0.1, -0.05) is 30.7 Å². The van der Waals surface area contributed by atoms with Crippen LogP contribution in [0.4, 0.5) is 5.69 Å². The molecule has 18 heavy (non-hydrogen) atoms. The van der Waals surface area contributed by atoms with Crippen LogP contribution in [0, 0.1) is 0 Å². The molecule has 3 N–H and O–H groups in total. The van der Waals surface area contributed by atoms with Crippen LogP contribution >= 0.6 is 35.6 Å². The van der Waals surface area contributed by atoms with Crippen LogP contribution in [0.3, 0.4) is 0 Å². The van der Waals surface area contributed by atoms with Gasteiger partial charge in [-0.05, 0) is 43.0 Å². The zero-order valence-electron chi connectivity index (χ0n) is 10.7. The van der Waals surface area contributed by atoms with Gasteiger partial charge >= 0.3 is 0 Å². The van der Waals surface area contributed by atoms with Gasteiger partial charge in [-0.15, -0.1) is 0 Å². The molecule has 0 aliphatic heterocycles. The molecule has 5 heteroatoms. The molecule has 0 bridgehead atoms. The number of hydrogen-bond donors (Lipinski definition) is 2. The van der Waals surface area contributed by atoms with E-state index in [1.165, 1.54) is 0 Å². The lowest BCUT2D eigenvalue weighted by molar-refractivity contribution is 0.771. The molecule has 2 nitrogen and oxygen atoms in total. The Labute approximate surface area is 124 Å². The zero-order valence-corrected chi connectivity index (χ0v) is 13.1. The van der Waals surface area contributed by atoms with Crippen molar-refractivity contribution in [3.05, 3.63) is 28.8 Å². The first-order chi connectivity index (χ1) is 8.54. The largest absolute Gasteiger partial charge is 0.389 e. The molecule has 0 aliphatic carbocycles. The van der Waals surface area contributed by atoms with Crippen LogP contribution in [0.25, 0.3) is 0 Å². The fourth-order valence-corrected chi connectivity index (χ4v) is 2.75. The van der Waals surface area contributed by atoms with Gasteiger partial charge in [0, 0.05) is 22.3 Å². The predicted molar refractivity (Wildman–Crippen MR) is 88.0 cm³/mol. The van der Waals surface area contributed by atoms with E-state index in [4.69, 9.17) is 29.6 Å². The van der Waals surface area contributed by atoms with Crippen LogP contribution in [0.15, 0.2) is 18.2 Å². The Kier molecular flexibility index (Phi) is 6.82. The Balaban J connectivity index is 2.70. The summed E-state index contributed by atoms with van der Waals surface area (Å²) in [5.41, 5.74) is 7.48. The number of thiocarbonyl (C=S) groups is 1. The molecule has 1 aromatic carbocycles. The molecule has 0 aliphatic rings. The summed E-state index contributed by atoms with van der Waals surface area (Å²) in [6, 6.07) is 5.91. The van der Waals surface area contributed by atoms with Crippen LogP contribution in [0.5, 0.6) is 0 Å². The maximum absolute atomic E-state index is 6.00. The molecule has 100 valence electrons. The van der Waals surface area contributed by atoms with E-state index in [2.05, 4.69) is 19.2 Å². The maximum Gasteiger partial charge on any atom is 0.106 e. The standard InChI is InChI=1S/C13H19ClN2S2/c1-3-18-7-6-9(2)16-12-8-10(14)4-5-11(12)13(15)17/h4-5,8-9,16H,3,6-7H2,1-2H3,(H2,15,17). The number of halogens is 1. The Hall–Kier alpha value is -0.450. The molecule has 1 aromatic rings. The smallest absolute Gasteiger partial charge is 0.106 e. The molecule has 0 saturated heterocycles. The summed E-state index contributed by atoms with van der Waals surface area (Å²) >= 11 is 13.0. The van der Waals surface area contributed by atoms with Crippen LogP contribution in [0.1, 0.15) is 25.8 Å². The third-order valence-corrected chi connectivity index (χ3v) is 3.94. The van der Waals surface area contributed by atoms with Crippen LogP contribution in [0.2, 0.25) is 5.02 Å². The molecule has 1 unspecified atom stereocenters. The third kappa shape index (κ3) is 5.04. The first-order valence-corrected chi connectivity index (χ1v) is 7.92. The van der Waals surface area contributed by atoms with E-state index < -0.39 is 0 Å². The topological polar surface area (TPSA) is 38.0 Å². The fraction of sp³-hybridized carbons (Fsp3) is 0.462. The minimum absolute atomic E-state index is 0.371.